The molecule has 0 bridgehead atoms. The van der Waals surface area contributed by atoms with Gasteiger partial charge in [-0.1, -0.05) is 20.8 Å². The molecule has 0 aliphatic carbocycles. The Morgan fingerprint density at radius 2 is 1.95 bits per heavy atom. The Hall–Kier alpha value is -2.18. The maximum atomic E-state index is 12.0. The first-order valence-electron chi connectivity index (χ1n) is 6.77. The van der Waals surface area contributed by atoms with Gasteiger partial charge in [0.25, 0.3) is 5.91 Å². The van der Waals surface area contributed by atoms with Crippen molar-refractivity contribution in [3.8, 4) is 0 Å². The van der Waals surface area contributed by atoms with E-state index in [1.54, 1.807) is 11.6 Å². The Balaban J connectivity index is 2.22. The summed E-state index contributed by atoms with van der Waals surface area (Å²) in [4.78, 5) is 23.9. The van der Waals surface area contributed by atoms with Crippen molar-refractivity contribution in [3.05, 3.63) is 35.2 Å². The molecule has 1 heterocycles. The molecule has 0 aliphatic rings. The van der Waals surface area contributed by atoms with Crippen molar-refractivity contribution in [3.63, 3.8) is 0 Å². The van der Waals surface area contributed by atoms with Crippen molar-refractivity contribution >= 4 is 45.0 Å². The number of rotatable bonds is 3. The van der Waals surface area contributed by atoms with Crippen molar-refractivity contribution in [1.29, 1.82) is 0 Å². The highest BCUT2D eigenvalue weighted by molar-refractivity contribution is 7.19. The number of carbonyl (C=O) groups is 2. The lowest BCUT2D eigenvalue weighted by Gasteiger charge is -2.17. The second-order valence-corrected chi connectivity index (χ2v) is 7.03. The van der Waals surface area contributed by atoms with Gasteiger partial charge in [0, 0.05) is 26.8 Å². The number of nitrogens with one attached hydrogen (secondary N) is 2. The van der Waals surface area contributed by atoms with Crippen molar-refractivity contribution in [2.24, 2.45) is 5.41 Å². The maximum Gasteiger partial charge on any atom is 0.267 e. The number of carbonyl (C=O) groups excluding carboxylic acids is 2. The summed E-state index contributed by atoms with van der Waals surface area (Å²) < 4.78 is 1.05. The van der Waals surface area contributed by atoms with Crippen LogP contribution in [0.3, 0.4) is 0 Å². The molecule has 22 heavy (non-hydrogen) atoms. The first-order chi connectivity index (χ1) is 10.3. The lowest BCUT2D eigenvalue weighted by atomic mass is 9.95. The summed E-state index contributed by atoms with van der Waals surface area (Å²) in [5, 5.41) is 12.3. The topological polar surface area (TPSA) is 78.4 Å². The molecule has 116 valence electrons. The quantitative estimate of drug-likeness (QED) is 0.461. The van der Waals surface area contributed by atoms with Crippen LogP contribution in [0.15, 0.2) is 30.3 Å². The van der Waals surface area contributed by atoms with E-state index < -0.39 is 11.3 Å². The predicted octanol–water partition coefficient (Wildman–Crippen LogP) is 3.40. The van der Waals surface area contributed by atoms with Gasteiger partial charge in [0.2, 0.25) is 5.91 Å². The molecule has 0 saturated carbocycles. The summed E-state index contributed by atoms with van der Waals surface area (Å²) in [5.41, 5.74) is 1.84. The Kier molecular flexibility index (Phi) is 4.63. The first kappa shape index (κ1) is 16.2. The molecule has 0 radical (unpaired) electrons. The standard InChI is InChI=1S/C16H18N2O3S/c1-16(2,3)15(20)17-11-4-6-13-10(8-11)9-12(22-13)5-7-14(19)18-21/h4-9,21H,1-3H3,(H,17,20)(H,18,19)/b7-5+. The average Bonchev–Trinajstić information content (AvgIpc) is 2.85. The lowest BCUT2D eigenvalue weighted by molar-refractivity contribution is -0.124. The second-order valence-electron chi connectivity index (χ2n) is 5.91. The van der Waals surface area contributed by atoms with Gasteiger partial charge in [-0.3, -0.25) is 14.8 Å². The fraction of sp³-hybridized carbons (Fsp3) is 0.250. The SMILES string of the molecule is CC(C)(C)C(=O)Nc1ccc2sc(/C=C/C(=O)NO)cc2c1. The van der Waals surface area contributed by atoms with Crippen LogP contribution in [0.1, 0.15) is 25.6 Å². The number of thiophene rings is 1. The molecule has 1 aromatic carbocycles. The minimum absolute atomic E-state index is 0.0400. The Bertz CT molecular complexity index is 741. The van der Waals surface area contributed by atoms with Gasteiger partial charge in [-0.05, 0) is 35.7 Å². The summed E-state index contributed by atoms with van der Waals surface area (Å²) in [7, 11) is 0. The van der Waals surface area contributed by atoms with Gasteiger partial charge < -0.3 is 5.32 Å². The number of hydrogen-bond acceptors (Lipinski definition) is 4. The molecule has 0 fully saturated rings. The van der Waals surface area contributed by atoms with Crippen LogP contribution in [-0.4, -0.2) is 17.0 Å². The predicted molar refractivity (Wildman–Crippen MR) is 88.9 cm³/mol. The van der Waals surface area contributed by atoms with Gasteiger partial charge in [0.1, 0.15) is 0 Å². The molecule has 0 saturated heterocycles. The van der Waals surface area contributed by atoms with E-state index in [4.69, 9.17) is 5.21 Å². The Morgan fingerprint density at radius 3 is 2.59 bits per heavy atom. The molecule has 2 amide bonds. The van der Waals surface area contributed by atoms with Crippen LogP contribution in [0, 0.1) is 5.41 Å². The van der Waals surface area contributed by atoms with Crippen LogP contribution in [0.5, 0.6) is 0 Å². The smallest absolute Gasteiger partial charge is 0.267 e. The van der Waals surface area contributed by atoms with Gasteiger partial charge in [0.05, 0.1) is 0 Å². The minimum Gasteiger partial charge on any atom is -0.326 e. The number of anilines is 1. The van der Waals surface area contributed by atoms with E-state index >= 15 is 0 Å². The third kappa shape index (κ3) is 3.93. The van der Waals surface area contributed by atoms with Crippen LogP contribution in [0.25, 0.3) is 16.2 Å². The summed E-state index contributed by atoms with van der Waals surface area (Å²) in [6, 6.07) is 7.62. The molecule has 3 N–H and O–H groups in total. The van der Waals surface area contributed by atoms with Crippen LogP contribution >= 0.6 is 11.3 Å². The van der Waals surface area contributed by atoms with Gasteiger partial charge in [0.15, 0.2) is 0 Å². The van der Waals surface area contributed by atoms with Gasteiger partial charge >= 0.3 is 0 Å². The van der Waals surface area contributed by atoms with Gasteiger partial charge in [-0.25, -0.2) is 5.48 Å². The van der Waals surface area contributed by atoms with Crippen molar-refractivity contribution in [2.45, 2.75) is 20.8 Å². The first-order valence-corrected chi connectivity index (χ1v) is 7.58. The normalized spacial score (nSPS) is 11.8. The molecule has 1 aromatic heterocycles. The van der Waals surface area contributed by atoms with Crippen LogP contribution < -0.4 is 10.8 Å². The highest BCUT2D eigenvalue weighted by Gasteiger charge is 2.21. The Labute approximate surface area is 132 Å². The zero-order valence-electron chi connectivity index (χ0n) is 12.6. The largest absolute Gasteiger partial charge is 0.326 e. The van der Waals surface area contributed by atoms with Crippen LogP contribution in [0.2, 0.25) is 0 Å². The molecule has 0 unspecified atom stereocenters. The average molecular weight is 318 g/mol. The van der Waals surface area contributed by atoms with Crippen LogP contribution in [0.4, 0.5) is 5.69 Å². The van der Waals surface area contributed by atoms with Crippen molar-refractivity contribution in [2.75, 3.05) is 5.32 Å². The van der Waals surface area contributed by atoms with Crippen molar-refractivity contribution < 1.29 is 14.8 Å². The minimum atomic E-state index is -0.574. The van der Waals surface area contributed by atoms with E-state index in [1.807, 2.05) is 45.0 Å². The lowest BCUT2D eigenvalue weighted by Crippen LogP contribution is -2.27. The molecular formula is C16H18N2O3S. The van der Waals surface area contributed by atoms with Crippen molar-refractivity contribution in [1.82, 2.24) is 5.48 Å². The summed E-state index contributed by atoms with van der Waals surface area (Å²) >= 11 is 1.52. The zero-order chi connectivity index (χ0) is 16.3. The zero-order valence-corrected chi connectivity index (χ0v) is 13.5. The number of hydrogen-bond donors (Lipinski definition) is 3. The second kappa shape index (κ2) is 6.29. The molecule has 0 atom stereocenters. The monoisotopic (exact) mass is 318 g/mol. The summed E-state index contributed by atoms with van der Waals surface area (Å²) in [6.07, 6.45) is 2.89. The van der Waals surface area contributed by atoms with E-state index in [9.17, 15) is 9.59 Å². The summed E-state index contributed by atoms with van der Waals surface area (Å²) in [6.45, 7) is 5.58. The number of amides is 2. The molecule has 0 spiro atoms. The number of benzene rings is 1. The number of hydroxylamine groups is 1. The van der Waals surface area contributed by atoms with E-state index in [1.165, 1.54) is 17.4 Å². The molecule has 5 nitrogen and oxygen atoms in total. The fourth-order valence-corrected chi connectivity index (χ4v) is 2.69. The van der Waals surface area contributed by atoms with E-state index in [0.717, 1.165) is 20.7 Å². The van der Waals surface area contributed by atoms with Gasteiger partial charge in [-0.15, -0.1) is 11.3 Å². The molecule has 2 rings (SSSR count). The molecule has 6 heteroatoms. The molecule has 2 aromatic rings. The summed E-state index contributed by atoms with van der Waals surface area (Å²) in [5.74, 6) is -0.614. The number of fused-ring (bicyclic) bond motifs is 1. The third-order valence-corrected chi connectivity index (χ3v) is 4.06. The van der Waals surface area contributed by atoms with Gasteiger partial charge in [-0.2, -0.15) is 0 Å². The Morgan fingerprint density at radius 1 is 1.23 bits per heavy atom. The highest BCUT2D eigenvalue weighted by Crippen LogP contribution is 2.29. The van der Waals surface area contributed by atoms with Crippen LogP contribution in [-0.2, 0) is 9.59 Å². The van der Waals surface area contributed by atoms with E-state index in [0.29, 0.717) is 0 Å². The highest BCUT2D eigenvalue weighted by atomic mass is 32.1. The van der Waals surface area contributed by atoms with E-state index in [2.05, 4.69) is 5.32 Å². The maximum absolute atomic E-state index is 12.0. The fourth-order valence-electron chi connectivity index (χ4n) is 1.74. The molecule has 0 aliphatic heterocycles. The van der Waals surface area contributed by atoms with E-state index in [-0.39, 0.29) is 5.91 Å². The molecular weight excluding hydrogens is 300 g/mol. The third-order valence-electron chi connectivity index (χ3n) is 2.98.